The van der Waals surface area contributed by atoms with Crippen molar-refractivity contribution in [2.75, 3.05) is 13.2 Å². The normalized spacial score (nSPS) is 33.3. The number of hydrogen-bond donors (Lipinski definition) is 7. The first kappa shape index (κ1) is 26.1. The Labute approximate surface area is 182 Å². The topological polar surface area (TPSA) is 305 Å². The summed E-state index contributed by atoms with van der Waals surface area (Å²) in [5, 5.41) is 28.3. The Morgan fingerprint density at radius 1 is 1.09 bits per heavy atom. The van der Waals surface area contributed by atoms with E-state index < -0.39 is 78.9 Å². The number of nitrogens with two attached hydrogens (primary N) is 1. The van der Waals surface area contributed by atoms with Crippen LogP contribution in [0.25, 0.3) is 0 Å². The molecule has 3 unspecified atom stereocenters. The average molecular weight is 538 g/mol. The van der Waals surface area contributed by atoms with Crippen LogP contribution in [0.3, 0.4) is 0 Å². The quantitative estimate of drug-likeness (QED) is 0.147. The van der Waals surface area contributed by atoms with Gasteiger partial charge in [0.15, 0.2) is 12.1 Å². The summed E-state index contributed by atoms with van der Waals surface area (Å²) in [5.74, 6) is -2.50. The molecule has 20 nitrogen and oxygen atoms in total. The molecule has 1 saturated heterocycles. The van der Waals surface area contributed by atoms with Gasteiger partial charge >= 0.3 is 23.5 Å². The summed E-state index contributed by atoms with van der Waals surface area (Å²) in [6.07, 6.45) is -4.33. The van der Waals surface area contributed by atoms with Crippen LogP contribution in [-0.4, -0.2) is 90.2 Å². The van der Waals surface area contributed by atoms with Crippen molar-refractivity contribution in [2.45, 2.75) is 24.5 Å². The van der Waals surface area contributed by atoms with E-state index in [1.807, 2.05) is 0 Å². The van der Waals surface area contributed by atoms with Gasteiger partial charge in [-0.2, -0.15) is 23.6 Å². The third kappa shape index (κ3) is 6.14. The van der Waals surface area contributed by atoms with Crippen LogP contribution in [0.4, 0.5) is 0 Å². The fourth-order valence-corrected chi connectivity index (χ4v) is 5.98. The van der Waals surface area contributed by atoms with Gasteiger partial charge in [0.25, 0.3) is 5.91 Å². The second-order valence-corrected chi connectivity index (χ2v) is 10.9. The predicted octanol–water partition coefficient (Wildman–Crippen LogP) is -2.67. The first-order valence-electron chi connectivity index (χ1n) is 8.52. The smallest absolute Gasteiger partial charge is 0.396 e. The fourth-order valence-electron chi connectivity index (χ4n) is 2.95. The maximum Gasteiger partial charge on any atom is 0.490 e. The molecule has 0 aromatic heterocycles. The van der Waals surface area contributed by atoms with Gasteiger partial charge in [0.05, 0.1) is 19.3 Å². The Bertz CT molecular complexity index is 1040. The van der Waals surface area contributed by atoms with Crippen molar-refractivity contribution >= 4 is 41.2 Å². The van der Waals surface area contributed by atoms with Crippen LogP contribution in [0.5, 0.6) is 0 Å². The number of amidine groups is 1. The maximum atomic E-state index is 11.9. The predicted molar refractivity (Wildman–Crippen MR) is 99.6 cm³/mol. The second-order valence-electron chi connectivity index (χ2n) is 6.52. The molecule has 0 aromatic rings. The molecule has 0 aromatic carbocycles. The van der Waals surface area contributed by atoms with Crippen molar-refractivity contribution in [1.82, 2.24) is 5.01 Å². The molecule has 3 heterocycles. The first-order valence-corrected chi connectivity index (χ1v) is 13.0. The molecule has 0 aliphatic carbocycles. The fraction of sp³-hybridized carbons (Fsp3) is 0.700. The molecular formula is C10H17N6O14P3. The molecule has 33 heavy (non-hydrogen) atoms. The minimum absolute atomic E-state index is 0.137. The van der Waals surface area contributed by atoms with Crippen LogP contribution in [0, 0.1) is 5.92 Å². The van der Waals surface area contributed by atoms with E-state index in [1.54, 1.807) is 0 Å². The van der Waals surface area contributed by atoms with Crippen LogP contribution < -0.4 is 5.73 Å². The van der Waals surface area contributed by atoms with Crippen molar-refractivity contribution in [2.24, 2.45) is 32.0 Å². The largest absolute Gasteiger partial charge is 0.490 e. The van der Waals surface area contributed by atoms with Gasteiger partial charge in [-0.15, -0.1) is 5.11 Å². The van der Waals surface area contributed by atoms with Crippen molar-refractivity contribution in [1.29, 1.82) is 0 Å². The lowest BCUT2D eigenvalue weighted by Gasteiger charge is -2.25. The number of rotatable bonds is 9. The highest BCUT2D eigenvalue weighted by Gasteiger charge is 2.52. The number of guanidine groups is 1. The summed E-state index contributed by atoms with van der Waals surface area (Å²) >= 11 is 0. The summed E-state index contributed by atoms with van der Waals surface area (Å²) in [6, 6.07) is -1.24. The summed E-state index contributed by atoms with van der Waals surface area (Å²) in [5.41, 5.74) is 5.43. The molecule has 1 fully saturated rings. The number of ether oxygens (including phenoxy) is 1. The molecule has 0 bridgehead atoms. The highest BCUT2D eigenvalue weighted by atomic mass is 31.3. The van der Waals surface area contributed by atoms with Crippen LogP contribution in [0.1, 0.15) is 0 Å². The molecular weight excluding hydrogens is 521 g/mol. The summed E-state index contributed by atoms with van der Waals surface area (Å²) < 4.78 is 51.0. The zero-order valence-electron chi connectivity index (χ0n) is 15.9. The number of phosphoric ester groups is 1. The zero-order chi connectivity index (χ0) is 24.8. The van der Waals surface area contributed by atoms with Gasteiger partial charge in [-0.3, -0.25) is 9.32 Å². The van der Waals surface area contributed by atoms with Gasteiger partial charge in [-0.05, 0) is 0 Å². The number of aliphatic imine (C=N–C) groups is 2. The lowest BCUT2D eigenvalue weighted by molar-refractivity contribution is -0.117. The molecule has 8 N–H and O–H groups in total. The highest BCUT2D eigenvalue weighted by Crippen LogP contribution is 2.66. The van der Waals surface area contributed by atoms with Gasteiger partial charge < -0.3 is 40.3 Å². The van der Waals surface area contributed by atoms with Crippen molar-refractivity contribution in [3.8, 4) is 0 Å². The highest BCUT2D eigenvalue weighted by molar-refractivity contribution is 7.66. The van der Waals surface area contributed by atoms with Gasteiger partial charge in [0.2, 0.25) is 12.0 Å². The number of nitrogens with zero attached hydrogens (tertiary/aromatic N) is 5. The Hall–Kier alpha value is -1.50. The van der Waals surface area contributed by atoms with Crippen LogP contribution >= 0.6 is 23.5 Å². The van der Waals surface area contributed by atoms with Crippen LogP contribution in [-0.2, 0) is 36.4 Å². The van der Waals surface area contributed by atoms with Gasteiger partial charge in [-0.1, -0.05) is 5.22 Å². The molecule has 186 valence electrons. The number of phosphoric acid groups is 3. The lowest BCUT2D eigenvalue weighted by atomic mass is 9.99. The van der Waals surface area contributed by atoms with Gasteiger partial charge in [0, 0.05) is 5.92 Å². The Kier molecular flexibility index (Phi) is 7.34. The van der Waals surface area contributed by atoms with E-state index in [0.717, 1.165) is 5.01 Å². The number of carbonyl (C=O) groups excluding carboxylic acids is 1. The number of hydrogen-bond acceptors (Lipinski definition) is 15. The minimum Gasteiger partial charge on any atom is -0.396 e. The van der Waals surface area contributed by atoms with E-state index in [4.69, 9.17) is 25.2 Å². The molecule has 3 aliphatic heterocycles. The average Bonchev–Trinajstić information content (AvgIpc) is 3.17. The maximum absolute atomic E-state index is 11.9. The molecule has 0 saturated carbocycles. The number of amides is 1. The Morgan fingerprint density at radius 2 is 1.76 bits per heavy atom. The number of aliphatic hydroxyl groups is 2. The SMILES string of the molecule is NC1=NC(=O)C2N=NN([C@@H]3O[C@H](COP(=O)(O)OP(=O)(O)OP(=O)(O)O)[C@@H](CO)[C@H]3O)C2=N1. The van der Waals surface area contributed by atoms with Crippen molar-refractivity contribution in [3.05, 3.63) is 0 Å². The zero-order valence-corrected chi connectivity index (χ0v) is 18.6. The number of carbonyl (C=O) groups is 1. The van der Waals surface area contributed by atoms with E-state index in [0.29, 0.717) is 0 Å². The summed E-state index contributed by atoms with van der Waals surface area (Å²) in [6.45, 7) is -1.68. The third-order valence-corrected chi connectivity index (χ3v) is 8.03. The van der Waals surface area contributed by atoms with Crippen LogP contribution in [0.15, 0.2) is 20.3 Å². The number of fused-ring (bicyclic) bond motifs is 1. The minimum atomic E-state index is -5.74. The molecule has 1 amide bonds. The molecule has 0 spiro atoms. The van der Waals surface area contributed by atoms with Gasteiger partial charge in [0.1, 0.15) is 6.10 Å². The third-order valence-electron chi connectivity index (χ3n) is 4.22. The van der Waals surface area contributed by atoms with Gasteiger partial charge in [-0.25, -0.2) is 13.7 Å². The van der Waals surface area contributed by atoms with E-state index in [2.05, 4.69) is 33.5 Å². The molecule has 3 aliphatic rings. The summed E-state index contributed by atoms with van der Waals surface area (Å²) in [7, 11) is -16.8. The summed E-state index contributed by atoms with van der Waals surface area (Å²) in [4.78, 5) is 54.8. The molecule has 0 radical (unpaired) electrons. The molecule has 23 heteroatoms. The standard InChI is InChI=1S/C10H17N6O14P3/c11-10-12-7-5(8(19)13-10)14-15-16(7)9-6(18)3(1-17)4(28-9)2-27-32(23,24)30-33(25,26)29-31(20,21)22/h3-6,9,17-18H,1-2H2,(H,23,24)(H,25,26)(H2,11,13,19)(H2,20,21,22)/t3-,4-,5?,6-,9-/m1/s1. The monoisotopic (exact) mass is 538 g/mol. The first-order chi connectivity index (χ1) is 15.1. The van der Waals surface area contributed by atoms with E-state index in [9.17, 15) is 33.6 Å². The lowest BCUT2D eigenvalue weighted by Crippen LogP contribution is -2.47. The van der Waals surface area contributed by atoms with Crippen molar-refractivity contribution < 1.29 is 66.2 Å². The van der Waals surface area contributed by atoms with E-state index >= 15 is 0 Å². The second kappa shape index (κ2) is 9.27. The van der Waals surface area contributed by atoms with E-state index in [1.165, 1.54) is 0 Å². The van der Waals surface area contributed by atoms with Crippen LogP contribution in [0.2, 0.25) is 0 Å². The molecule has 7 atom stereocenters. The molecule has 3 rings (SSSR count). The van der Waals surface area contributed by atoms with Crippen molar-refractivity contribution in [3.63, 3.8) is 0 Å². The Balaban J connectivity index is 1.69. The Morgan fingerprint density at radius 3 is 2.36 bits per heavy atom. The number of aliphatic hydroxyl groups excluding tert-OH is 2. The van der Waals surface area contributed by atoms with E-state index in [-0.39, 0.29) is 5.84 Å².